The largest absolute Gasteiger partial charge is 0.469 e. The molecule has 0 spiro atoms. The van der Waals surface area contributed by atoms with Crippen LogP contribution in [0.4, 0.5) is 0 Å². The van der Waals surface area contributed by atoms with Crippen molar-refractivity contribution in [3.05, 3.63) is 42.0 Å². The molecule has 0 aliphatic carbocycles. The summed E-state index contributed by atoms with van der Waals surface area (Å²) in [6.45, 7) is 1.87. The summed E-state index contributed by atoms with van der Waals surface area (Å²) in [4.78, 5) is 1.13. The van der Waals surface area contributed by atoms with Crippen molar-refractivity contribution in [2.45, 2.75) is 18.0 Å². The smallest absolute Gasteiger partial charge is 0.426 e. The van der Waals surface area contributed by atoms with Crippen LogP contribution in [0.3, 0.4) is 0 Å². The molecule has 1 unspecified atom stereocenters. The fourth-order valence-electron chi connectivity index (χ4n) is 1.57. The number of allylic oxidation sites excluding steroid dienone is 1. The van der Waals surface area contributed by atoms with Gasteiger partial charge in [0.1, 0.15) is 0 Å². The van der Waals surface area contributed by atoms with Gasteiger partial charge in [0, 0.05) is 4.91 Å². The molecule has 78 valence electrons. The van der Waals surface area contributed by atoms with Gasteiger partial charge in [-0.15, -0.1) is 11.8 Å². The molecule has 2 nitrogen and oxygen atoms in total. The molecular weight excluding hydrogens is 207 g/mol. The molecule has 4 heteroatoms. The van der Waals surface area contributed by atoms with Crippen molar-refractivity contribution >= 4 is 23.8 Å². The van der Waals surface area contributed by atoms with Crippen LogP contribution in [0.2, 0.25) is 0 Å². The van der Waals surface area contributed by atoms with Crippen molar-refractivity contribution in [2.24, 2.45) is 0 Å². The van der Waals surface area contributed by atoms with E-state index in [2.05, 4.69) is 6.08 Å². The number of hydrogen-bond donors (Lipinski definition) is 2. The van der Waals surface area contributed by atoms with Crippen molar-refractivity contribution in [2.75, 3.05) is 0 Å². The minimum Gasteiger partial charge on any atom is -0.426 e. The molecule has 0 bridgehead atoms. The highest BCUT2D eigenvalue weighted by Crippen LogP contribution is 2.47. The van der Waals surface area contributed by atoms with E-state index in [-0.39, 0.29) is 0 Å². The van der Waals surface area contributed by atoms with Crippen LogP contribution in [-0.2, 0) is 0 Å². The van der Waals surface area contributed by atoms with E-state index in [1.165, 1.54) is 11.8 Å². The maximum absolute atomic E-state index is 9.28. The molecule has 0 fully saturated rings. The third-order valence-electron chi connectivity index (χ3n) is 2.64. The molecular formula is C11H13BO2S. The number of hydrogen-bond acceptors (Lipinski definition) is 3. The quantitative estimate of drug-likeness (QED) is 0.748. The Morgan fingerprint density at radius 1 is 1.27 bits per heavy atom. The van der Waals surface area contributed by atoms with Crippen LogP contribution in [0.5, 0.6) is 0 Å². The maximum Gasteiger partial charge on any atom is 0.469 e. The Hall–Kier alpha value is -0.705. The SMILES string of the molecule is CC1(B(O)O)CC=C(c2ccccc2)S1. The zero-order chi connectivity index (χ0) is 10.9. The summed E-state index contributed by atoms with van der Waals surface area (Å²) in [6, 6.07) is 10.0. The molecule has 1 aromatic carbocycles. The van der Waals surface area contributed by atoms with Gasteiger partial charge in [-0.2, -0.15) is 0 Å². The van der Waals surface area contributed by atoms with Gasteiger partial charge >= 0.3 is 7.12 Å². The number of benzene rings is 1. The Balaban J connectivity index is 2.17. The maximum atomic E-state index is 9.28. The summed E-state index contributed by atoms with van der Waals surface area (Å²) in [7, 11) is -1.28. The summed E-state index contributed by atoms with van der Waals surface area (Å²) in [5, 5.41) is 18.6. The van der Waals surface area contributed by atoms with Crippen LogP contribution >= 0.6 is 11.8 Å². The molecule has 15 heavy (non-hydrogen) atoms. The Morgan fingerprint density at radius 2 is 1.93 bits per heavy atom. The predicted molar refractivity (Wildman–Crippen MR) is 65.2 cm³/mol. The van der Waals surface area contributed by atoms with E-state index < -0.39 is 11.8 Å². The summed E-state index contributed by atoms with van der Waals surface area (Å²) in [5.41, 5.74) is 1.15. The highest BCUT2D eigenvalue weighted by Gasteiger charge is 2.41. The number of thioether (sulfide) groups is 1. The Kier molecular flexibility index (Phi) is 2.91. The van der Waals surface area contributed by atoms with Gasteiger partial charge < -0.3 is 10.0 Å². The summed E-state index contributed by atoms with van der Waals surface area (Å²) < 4.78 is -0.495. The van der Waals surface area contributed by atoms with E-state index in [1.807, 2.05) is 37.3 Å². The second-order valence-corrected chi connectivity index (χ2v) is 5.50. The van der Waals surface area contributed by atoms with E-state index in [1.54, 1.807) is 0 Å². The normalized spacial score (nSPS) is 25.1. The number of rotatable bonds is 2. The monoisotopic (exact) mass is 220 g/mol. The summed E-state index contributed by atoms with van der Waals surface area (Å²) in [5.74, 6) is 0. The topological polar surface area (TPSA) is 40.5 Å². The van der Waals surface area contributed by atoms with E-state index in [4.69, 9.17) is 0 Å². The van der Waals surface area contributed by atoms with Crippen molar-refractivity contribution in [1.29, 1.82) is 0 Å². The molecule has 1 aromatic rings. The zero-order valence-corrected chi connectivity index (χ0v) is 9.37. The third-order valence-corrected chi connectivity index (χ3v) is 4.11. The average Bonchev–Trinajstić information content (AvgIpc) is 2.64. The van der Waals surface area contributed by atoms with Crippen LogP contribution in [0.1, 0.15) is 18.9 Å². The minimum absolute atomic E-state index is 0.495. The van der Waals surface area contributed by atoms with Crippen LogP contribution in [0, 0.1) is 0 Å². The zero-order valence-electron chi connectivity index (χ0n) is 8.55. The molecule has 1 atom stereocenters. The van der Waals surface area contributed by atoms with Crippen molar-refractivity contribution in [3.63, 3.8) is 0 Å². The molecule has 2 N–H and O–H groups in total. The minimum atomic E-state index is -1.28. The lowest BCUT2D eigenvalue weighted by Gasteiger charge is -2.21. The first-order valence-corrected chi connectivity index (χ1v) is 5.74. The standard InChI is InChI=1S/C11H13BO2S/c1-11(12(13)14)8-7-10(15-11)9-5-3-2-4-6-9/h2-7,13-14H,8H2,1H3. The molecule has 1 heterocycles. The molecule has 0 saturated carbocycles. The van der Waals surface area contributed by atoms with Gasteiger partial charge in [0.25, 0.3) is 0 Å². The first kappa shape index (κ1) is 10.8. The van der Waals surface area contributed by atoms with Gasteiger partial charge in [-0.05, 0) is 12.0 Å². The first-order chi connectivity index (χ1) is 7.12. The molecule has 0 radical (unpaired) electrons. The molecule has 0 amide bonds. The van der Waals surface area contributed by atoms with E-state index in [9.17, 15) is 10.0 Å². The summed E-state index contributed by atoms with van der Waals surface area (Å²) >= 11 is 1.54. The van der Waals surface area contributed by atoms with Crippen molar-refractivity contribution in [1.82, 2.24) is 0 Å². The second kappa shape index (κ2) is 4.04. The van der Waals surface area contributed by atoms with Gasteiger partial charge in [-0.25, -0.2) is 0 Å². The van der Waals surface area contributed by atoms with Gasteiger partial charge in [-0.1, -0.05) is 43.3 Å². The van der Waals surface area contributed by atoms with Crippen LogP contribution < -0.4 is 0 Å². The molecule has 1 aliphatic rings. The highest BCUT2D eigenvalue weighted by atomic mass is 32.2. The van der Waals surface area contributed by atoms with E-state index in [0.29, 0.717) is 6.42 Å². The van der Waals surface area contributed by atoms with Gasteiger partial charge in [0.15, 0.2) is 0 Å². The molecule has 0 aromatic heterocycles. The van der Waals surface area contributed by atoms with Crippen molar-refractivity contribution < 1.29 is 10.0 Å². The fourth-order valence-corrected chi connectivity index (χ4v) is 2.76. The van der Waals surface area contributed by atoms with Gasteiger partial charge in [0.05, 0.1) is 4.65 Å². The molecule has 0 saturated heterocycles. The Morgan fingerprint density at radius 3 is 2.47 bits per heavy atom. The predicted octanol–water partition coefficient (Wildman–Crippen LogP) is 1.94. The lowest BCUT2D eigenvalue weighted by Crippen LogP contribution is -2.38. The lowest BCUT2D eigenvalue weighted by atomic mass is 9.71. The van der Waals surface area contributed by atoms with Gasteiger partial charge in [0.2, 0.25) is 0 Å². The molecule has 1 aliphatic heterocycles. The van der Waals surface area contributed by atoms with Crippen molar-refractivity contribution in [3.8, 4) is 0 Å². The van der Waals surface area contributed by atoms with Crippen LogP contribution in [0.15, 0.2) is 36.4 Å². The highest BCUT2D eigenvalue weighted by molar-refractivity contribution is 8.11. The first-order valence-electron chi connectivity index (χ1n) is 4.92. The van der Waals surface area contributed by atoms with E-state index in [0.717, 1.165) is 10.5 Å². The average molecular weight is 220 g/mol. The Labute approximate surface area is 94.2 Å². The second-order valence-electron chi connectivity index (χ2n) is 3.93. The van der Waals surface area contributed by atoms with Gasteiger partial charge in [-0.3, -0.25) is 0 Å². The Bertz CT molecular complexity index is 377. The molecule has 2 rings (SSSR count). The summed E-state index contributed by atoms with van der Waals surface area (Å²) in [6.07, 6.45) is 2.76. The lowest BCUT2D eigenvalue weighted by molar-refractivity contribution is 0.383. The fraction of sp³-hybridized carbons (Fsp3) is 0.273. The third kappa shape index (κ3) is 2.12. The van der Waals surface area contributed by atoms with E-state index >= 15 is 0 Å². The van der Waals surface area contributed by atoms with Crippen LogP contribution in [0.25, 0.3) is 4.91 Å². The van der Waals surface area contributed by atoms with Crippen LogP contribution in [-0.4, -0.2) is 21.8 Å².